The predicted molar refractivity (Wildman–Crippen MR) is 95.7 cm³/mol. The third kappa shape index (κ3) is 3.69. The Hall–Kier alpha value is -2.10. The monoisotopic (exact) mass is 326 g/mol. The number of hydrogen-bond donors (Lipinski definition) is 1. The molecular formula is C20H26N2O2. The first-order chi connectivity index (χ1) is 11.7. The average Bonchev–Trinajstić information content (AvgIpc) is 2.56. The summed E-state index contributed by atoms with van der Waals surface area (Å²) in [7, 11) is 0. The summed E-state index contributed by atoms with van der Waals surface area (Å²) in [5, 5.41) is 2.79. The summed E-state index contributed by atoms with van der Waals surface area (Å²) in [6.07, 6.45) is 9.21. The van der Waals surface area contributed by atoms with E-state index in [9.17, 15) is 9.59 Å². The number of rotatable bonds is 5. The lowest BCUT2D eigenvalue weighted by atomic mass is 9.78. The summed E-state index contributed by atoms with van der Waals surface area (Å²) in [4.78, 5) is 26.4. The van der Waals surface area contributed by atoms with Crippen LogP contribution in [0.4, 0.5) is 5.69 Å². The smallest absolute Gasteiger partial charge is 0.247 e. The van der Waals surface area contributed by atoms with Crippen molar-refractivity contribution in [2.75, 3.05) is 11.9 Å². The normalized spacial score (nSPS) is 21.0. The molecule has 1 atom stereocenters. The molecule has 2 fully saturated rings. The maximum Gasteiger partial charge on any atom is 0.247 e. The highest BCUT2D eigenvalue weighted by Crippen LogP contribution is 2.35. The van der Waals surface area contributed by atoms with Crippen LogP contribution in [0.1, 0.15) is 44.1 Å². The van der Waals surface area contributed by atoms with Gasteiger partial charge in [-0.2, -0.15) is 0 Å². The molecule has 1 aromatic carbocycles. The largest absolute Gasteiger partial charge is 0.339 e. The molecule has 0 aromatic heterocycles. The lowest BCUT2D eigenvalue weighted by Crippen LogP contribution is -2.55. The Bertz CT molecular complexity index is 620. The second-order valence-electron chi connectivity index (χ2n) is 6.87. The van der Waals surface area contributed by atoms with Crippen LogP contribution in [0.5, 0.6) is 0 Å². The van der Waals surface area contributed by atoms with E-state index in [1.165, 1.54) is 38.2 Å². The van der Waals surface area contributed by atoms with E-state index in [4.69, 9.17) is 0 Å². The fraction of sp³-hybridized carbons (Fsp3) is 0.500. The molecule has 1 heterocycles. The van der Waals surface area contributed by atoms with E-state index in [1.54, 1.807) is 0 Å². The molecule has 2 aliphatic rings. The van der Waals surface area contributed by atoms with Crippen molar-refractivity contribution in [2.24, 2.45) is 5.92 Å². The molecule has 24 heavy (non-hydrogen) atoms. The highest BCUT2D eigenvalue weighted by atomic mass is 16.2. The molecule has 0 spiro atoms. The number of hydrogen-bond acceptors (Lipinski definition) is 2. The molecule has 2 amide bonds. The number of likely N-dealkylation sites (tertiary alicyclic amines) is 1. The third-order valence-electron chi connectivity index (χ3n) is 5.38. The molecule has 0 radical (unpaired) electrons. The van der Waals surface area contributed by atoms with Gasteiger partial charge in [-0.25, -0.2) is 0 Å². The van der Waals surface area contributed by atoms with Gasteiger partial charge in [-0.05, 0) is 42.9 Å². The number of carbonyl (C=O) groups is 2. The summed E-state index contributed by atoms with van der Waals surface area (Å²) < 4.78 is 0. The molecule has 1 aromatic rings. The van der Waals surface area contributed by atoms with Gasteiger partial charge in [0.1, 0.15) is 0 Å². The summed E-state index contributed by atoms with van der Waals surface area (Å²) in [5.41, 5.74) is 1.57. The molecule has 128 valence electrons. The zero-order valence-corrected chi connectivity index (χ0v) is 14.2. The summed E-state index contributed by atoms with van der Waals surface area (Å²) in [6.45, 7) is 4.35. The van der Waals surface area contributed by atoms with Crippen LogP contribution >= 0.6 is 0 Å². The second-order valence-corrected chi connectivity index (χ2v) is 6.87. The minimum absolute atomic E-state index is 0.178. The summed E-state index contributed by atoms with van der Waals surface area (Å²) in [6, 6.07) is 7.94. The number of para-hydroxylation sites is 1. The van der Waals surface area contributed by atoms with Crippen LogP contribution in [0.3, 0.4) is 0 Å². The van der Waals surface area contributed by atoms with E-state index in [2.05, 4.69) is 16.8 Å². The van der Waals surface area contributed by atoms with Crippen molar-refractivity contribution in [3.05, 3.63) is 42.5 Å². The van der Waals surface area contributed by atoms with Crippen LogP contribution in [0.15, 0.2) is 36.9 Å². The standard InChI is InChI=1S/C20H26N2O2/c1-2-19(23)21-17-11-7-6-10-16(17)14-20(24)22-13-12-18(22)15-8-4-3-5-9-15/h2,6-7,10-11,15,18H,1,3-5,8-9,12-14H2,(H,21,23). The van der Waals surface area contributed by atoms with Gasteiger partial charge < -0.3 is 10.2 Å². The summed E-state index contributed by atoms with van der Waals surface area (Å²) >= 11 is 0. The van der Waals surface area contributed by atoms with Crippen molar-refractivity contribution < 1.29 is 9.59 Å². The molecule has 1 saturated carbocycles. The third-order valence-corrected chi connectivity index (χ3v) is 5.38. The van der Waals surface area contributed by atoms with Gasteiger partial charge in [0.05, 0.1) is 6.42 Å². The topological polar surface area (TPSA) is 49.4 Å². The highest BCUT2D eigenvalue weighted by Gasteiger charge is 2.37. The highest BCUT2D eigenvalue weighted by molar-refractivity contribution is 5.99. The van der Waals surface area contributed by atoms with Crippen molar-refractivity contribution in [3.8, 4) is 0 Å². The number of nitrogens with zero attached hydrogens (tertiary/aromatic N) is 1. The Labute approximate surface area is 143 Å². The van der Waals surface area contributed by atoms with Crippen LogP contribution in [-0.2, 0) is 16.0 Å². The fourth-order valence-corrected chi connectivity index (χ4v) is 3.97. The number of carbonyl (C=O) groups excluding carboxylic acids is 2. The molecule has 3 rings (SSSR count). The Balaban J connectivity index is 1.64. The van der Waals surface area contributed by atoms with Crippen molar-refractivity contribution in [2.45, 2.75) is 51.0 Å². The number of anilines is 1. The van der Waals surface area contributed by atoms with Gasteiger partial charge in [0.15, 0.2) is 0 Å². The number of benzene rings is 1. The molecule has 1 N–H and O–H groups in total. The summed E-state index contributed by atoms with van der Waals surface area (Å²) in [5.74, 6) is 0.614. The fourth-order valence-electron chi connectivity index (χ4n) is 3.97. The van der Waals surface area contributed by atoms with Gasteiger partial charge in [-0.1, -0.05) is 44.0 Å². The van der Waals surface area contributed by atoms with Gasteiger partial charge in [-0.15, -0.1) is 0 Å². The van der Waals surface area contributed by atoms with Gasteiger partial charge in [0.25, 0.3) is 0 Å². The van der Waals surface area contributed by atoms with Crippen molar-refractivity contribution in [1.82, 2.24) is 4.90 Å². The Morgan fingerprint density at radius 3 is 2.58 bits per heavy atom. The van der Waals surface area contributed by atoms with E-state index in [0.717, 1.165) is 18.5 Å². The van der Waals surface area contributed by atoms with E-state index < -0.39 is 0 Å². The number of amides is 2. The van der Waals surface area contributed by atoms with Gasteiger partial charge in [-0.3, -0.25) is 9.59 Å². The average molecular weight is 326 g/mol. The van der Waals surface area contributed by atoms with Crippen molar-refractivity contribution in [3.63, 3.8) is 0 Å². The molecule has 1 aliphatic carbocycles. The molecular weight excluding hydrogens is 300 g/mol. The SMILES string of the molecule is C=CC(=O)Nc1ccccc1CC(=O)N1CCC1C1CCCCC1. The first kappa shape index (κ1) is 16.7. The second kappa shape index (κ2) is 7.65. The molecule has 1 aliphatic heterocycles. The Morgan fingerprint density at radius 2 is 1.92 bits per heavy atom. The molecule has 4 nitrogen and oxygen atoms in total. The van der Waals surface area contributed by atoms with E-state index in [-0.39, 0.29) is 11.8 Å². The van der Waals surface area contributed by atoms with Crippen molar-refractivity contribution >= 4 is 17.5 Å². The predicted octanol–water partition coefficient (Wildman–Crippen LogP) is 3.53. The molecule has 4 heteroatoms. The zero-order chi connectivity index (χ0) is 16.9. The maximum absolute atomic E-state index is 12.7. The molecule has 0 bridgehead atoms. The Kier molecular flexibility index (Phi) is 5.34. The van der Waals surface area contributed by atoms with Crippen LogP contribution in [-0.4, -0.2) is 29.3 Å². The Morgan fingerprint density at radius 1 is 1.17 bits per heavy atom. The van der Waals surface area contributed by atoms with Crippen molar-refractivity contribution in [1.29, 1.82) is 0 Å². The molecule has 1 unspecified atom stereocenters. The minimum atomic E-state index is -0.251. The first-order valence-corrected chi connectivity index (χ1v) is 9.00. The minimum Gasteiger partial charge on any atom is -0.339 e. The molecule has 1 saturated heterocycles. The van der Waals surface area contributed by atoms with Crippen LogP contribution in [0.2, 0.25) is 0 Å². The lowest BCUT2D eigenvalue weighted by Gasteiger charge is -2.47. The first-order valence-electron chi connectivity index (χ1n) is 9.00. The number of nitrogens with one attached hydrogen (secondary N) is 1. The van der Waals surface area contributed by atoms with Crippen LogP contribution in [0.25, 0.3) is 0 Å². The van der Waals surface area contributed by atoms with E-state index >= 15 is 0 Å². The van der Waals surface area contributed by atoms with Gasteiger partial charge in [0.2, 0.25) is 11.8 Å². The van der Waals surface area contributed by atoms with E-state index in [0.29, 0.717) is 24.1 Å². The van der Waals surface area contributed by atoms with Crippen LogP contribution < -0.4 is 5.32 Å². The van der Waals surface area contributed by atoms with Gasteiger partial charge >= 0.3 is 0 Å². The zero-order valence-electron chi connectivity index (χ0n) is 14.2. The van der Waals surface area contributed by atoms with E-state index in [1.807, 2.05) is 24.3 Å². The maximum atomic E-state index is 12.7. The van der Waals surface area contributed by atoms with Crippen LogP contribution in [0, 0.1) is 5.92 Å². The lowest BCUT2D eigenvalue weighted by molar-refractivity contribution is -0.140. The quantitative estimate of drug-likeness (QED) is 0.842. The van der Waals surface area contributed by atoms with Gasteiger partial charge in [0, 0.05) is 18.3 Å².